The third-order valence-electron chi connectivity index (χ3n) is 3.62. The molecule has 2 rings (SSSR count). The maximum Gasteiger partial charge on any atom is 0.119 e. The lowest BCUT2D eigenvalue weighted by Gasteiger charge is -2.34. The minimum Gasteiger partial charge on any atom is -0.497 e. The topological polar surface area (TPSA) is 41.5 Å². The Labute approximate surface area is 109 Å². The number of nitrogens with one attached hydrogen (secondary N) is 1. The van der Waals surface area contributed by atoms with Gasteiger partial charge in [0.05, 0.1) is 13.7 Å². The highest BCUT2D eigenvalue weighted by Gasteiger charge is 2.26. The van der Waals surface area contributed by atoms with Crippen molar-refractivity contribution in [2.75, 3.05) is 13.7 Å². The first-order valence-electron chi connectivity index (χ1n) is 6.61. The third kappa shape index (κ3) is 2.85. The number of fused-ring (bicyclic) bond motifs is 1. The molecule has 100 valence electrons. The molecule has 3 nitrogen and oxygen atoms in total. The average Bonchev–Trinajstić information content (AvgIpc) is 2.38. The maximum atomic E-state index is 9.37. The lowest BCUT2D eigenvalue weighted by atomic mass is 9.86. The standard InChI is InChI=1S/C15H23NO2/c1-15(2,10-17)16-14-6-4-5-11-9-12(18-3)7-8-13(11)14/h7-9,14,16-17H,4-6,10H2,1-3H3. The molecule has 1 unspecified atom stereocenters. The van der Waals surface area contributed by atoms with Crippen molar-refractivity contribution in [3.05, 3.63) is 29.3 Å². The Morgan fingerprint density at radius 3 is 2.89 bits per heavy atom. The molecular weight excluding hydrogens is 226 g/mol. The molecule has 1 atom stereocenters. The van der Waals surface area contributed by atoms with Gasteiger partial charge in [-0.3, -0.25) is 0 Å². The Balaban J connectivity index is 2.23. The zero-order valence-electron chi connectivity index (χ0n) is 11.5. The highest BCUT2D eigenvalue weighted by molar-refractivity contribution is 5.39. The van der Waals surface area contributed by atoms with Crippen LogP contribution in [0.5, 0.6) is 5.75 Å². The first-order valence-corrected chi connectivity index (χ1v) is 6.61. The highest BCUT2D eigenvalue weighted by Crippen LogP contribution is 2.33. The van der Waals surface area contributed by atoms with Crippen LogP contribution in [0.1, 0.15) is 43.9 Å². The molecule has 0 spiro atoms. The summed E-state index contributed by atoms with van der Waals surface area (Å²) >= 11 is 0. The number of aliphatic hydroxyl groups excluding tert-OH is 1. The van der Waals surface area contributed by atoms with Crippen LogP contribution < -0.4 is 10.1 Å². The summed E-state index contributed by atoms with van der Waals surface area (Å²) in [5.74, 6) is 0.927. The second kappa shape index (κ2) is 5.29. The summed E-state index contributed by atoms with van der Waals surface area (Å²) in [4.78, 5) is 0. The van der Waals surface area contributed by atoms with Gasteiger partial charge in [-0.1, -0.05) is 6.07 Å². The minimum atomic E-state index is -0.237. The maximum absolute atomic E-state index is 9.37. The molecule has 0 saturated carbocycles. The van der Waals surface area contributed by atoms with Crippen molar-refractivity contribution in [3.63, 3.8) is 0 Å². The number of aliphatic hydroxyl groups is 1. The molecule has 18 heavy (non-hydrogen) atoms. The summed E-state index contributed by atoms with van der Waals surface area (Å²) in [6.45, 7) is 4.21. The Hall–Kier alpha value is -1.06. The summed E-state index contributed by atoms with van der Waals surface area (Å²) in [6, 6.07) is 6.64. The lowest BCUT2D eigenvalue weighted by Crippen LogP contribution is -2.45. The number of hydrogen-bond acceptors (Lipinski definition) is 3. The fourth-order valence-corrected chi connectivity index (χ4v) is 2.58. The largest absolute Gasteiger partial charge is 0.497 e. The van der Waals surface area contributed by atoms with Crippen molar-refractivity contribution in [2.45, 2.75) is 44.7 Å². The van der Waals surface area contributed by atoms with E-state index in [0.717, 1.165) is 18.6 Å². The molecule has 0 heterocycles. The normalized spacial score (nSPS) is 19.4. The average molecular weight is 249 g/mol. The number of hydrogen-bond donors (Lipinski definition) is 2. The van der Waals surface area contributed by atoms with E-state index in [0.29, 0.717) is 6.04 Å². The molecule has 3 heteroatoms. The van der Waals surface area contributed by atoms with E-state index in [-0.39, 0.29) is 12.1 Å². The van der Waals surface area contributed by atoms with E-state index in [1.54, 1.807) is 7.11 Å². The van der Waals surface area contributed by atoms with E-state index in [1.165, 1.54) is 17.5 Å². The Morgan fingerprint density at radius 2 is 2.22 bits per heavy atom. The van der Waals surface area contributed by atoms with Crippen molar-refractivity contribution >= 4 is 0 Å². The Morgan fingerprint density at radius 1 is 1.44 bits per heavy atom. The van der Waals surface area contributed by atoms with Crippen LogP contribution in [0, 0.1) is 0 Å². The van der Waals surface area contributed by atoms with Gasteiger partial charge in [0.25, 0.3) is 0 Å². The van der Waals surface area contributed by atoms with Gasteiger partial charge in [-0.25, -0.2) is 0 Å². The molecule has 0 aliphatic heterocycles. The molecule has 0 bridgehead atoms. The van der Waals surface area contributed by atoms with E-state index in [1.807, 2.05) is 19.9 Å². The summed E-state index contributed by atoms with van der Waals surface area (Å²) in [5.41, 5.74) is 2.48. The van der Waals surface area contributed by atoms with Crippen molar-refractivity contribution < 1.29 is 9.84 Å². The Kier molecular flexibility index (Phi) is 3.93. The molecular formula is C15H23NO2. The molecule has 0 radical (unpaired) electrons. The van der Waals surface area contributed by atoms with Gasteiger partial charge in [-0.2, -0.15) is 0 Å². The molecule has 1 aromatic carbocycles. The molecule has 0 aromatic heterocycles. The van der Waals surface area contributed by atoms with Crippen LogP contribution in [0.3, 0.4) is 0 Å². The number of methoxy groups -OCH3 is 1. The first-order chi connectivity index (χ1) is 8.55. The van der Waals surface area contributed by atoms with Gasteiger partial charge in [0.15, 0.2) is 0 Å². The molecule has 1 aliphatic carbocycles. The second-order valence-electron chi connectivity index (χ2n) is 5.70. The van der Waals surface area contributed by atoms with E-state index in [2.05, 4.69) is 17.4 Å². The van der Waals surface area contributed by atoms with E-state index >= 15 is 0 Å². The van der Waals surface area contributed by atoms with Gasteiger partial charge in [0, 0.05) is 11.6 Å². The SMILES string of the molecule is COc1ccc2c(c1)CCCC2NC(C)(C)CO. The predicted octanol–water partition coefficient (Wildman–Crippen LogP) is 2.43. The molecule has 0 fully saturated rings. The van der Waals surface area contributed by atoms with Gasteiger partial charge >= 0.3 is 0 Å². The summed E-state index contributed by atoms with van der Waals surface area (Å²) in [5, 5.41) is 12.9. The van der Waals surface area contributed by atoms with Crippen LogP contribution in [0.2, 0.25) is 0 Å². The number of aryl methyl sites for hydroxylation is 1. The monoisotopic (exact) mass is 249 g/mol. The smallest absolute Gasteiger partial charge is 0.119 e. The number of benzene rings is 1. The quantitative estimate of drug-likeness (QED) is 0.861. The fourth-order valence-electron chi connectivity index (χ4n) is 2.58. The summed E-state index contributed by atoms with van der Waals surface area (Å²) in [6.07, 6.45) is 3.42. The molecule has 2 N–H and O–H groups in total. The Bertz CT molecular complexity index is 415. The van der Waals surface area contributed by atoms with Crippen molar-refractivity contribution in [3.8, 4) is 5.75 Å². The molecule has 0 saturated heterocycles. The van der Waals surface area contributed by atoms with Crippen LogP contribution >= 0.6 is 0 Å². The zero-order valence-corrected chi connectivity index (χ0v) is 11.5. The summed E-state index contributed by atoms with van der Waals surface area (Å²) in [7, 11) is 1.70. The van der Waals surface area contributed by atoms with E-state index < -0.39 is 0 Å². The van der Waals surface area contributed by atoms with Gasteiger partial charge < -0.3 is 15.2 Å². The van der Waals surface area contributed by atoms with E-state index in [9.17, 15) is 5.11 Å². The van der Waals surface area contributed by atoms with Crippen molar-refractivity contribution in [1.82, 2.24) is 5.32 Å². The minimum absolute atomic E-state index is 0.148. The van der Waals surface area contributed by atoms with Gasteiger partial charge in [0.2, 0.25) is 0 Å². The zero-order chi connectivity index (χ0) is 13.2. The van der Waals surface area contributed by atoms with Gasteiger partial charge in [0.1, 0.15) is 5.75 Å². The predicted molar refractivity (Wildman–Crippen MR) is 73.0 cm³/mol. The third-order valence-corrected chi connectivity index (χ3v) is 3.62. The van der Waals surface area contributed by atoms with Crippen LogP contribution in [0.15, 0.2) is 18.2 Å². The van der Waals surface area contributed by atoms with E-state index in [4.69, 9.17) is 4.74 Å². The fraction of sp³-hybridized carbons (Fsp3) is 0.600. The van der Waals surface area contributed by atoms with Crippen LogP contribution in [-0.4, -0.2) is 24.4 Å². The lowest BCUT2D eigenvalue weighted by molar-refractivity contribution is 0.171. The van der Waals surface area contributed by atoms with Gasteiger partial charge in [-0.15, -0.1) is 0 Å². The van der Waals surface area contributed by atoms with Gasteiger partial charge in [-0.05, 0) is 56.4 Å². The highest BCUT2D eigenvalue weighted by atomic mass is 16.5. The molecule has 1 aromatic rings. The van der Waals surface area contributed by atoms with Crippen LogP contribution in [0.4, 0.5) is 0 Å². The van der Waals surface area contributed by atoms with Crippen molar-refractivity contribution in [2.24, 2.45) is 0 Å². The number of ether oxygens (including phenoxy) is 1. The van der Waals surface area contributed by atoms with Crippen molar-refractivity contribution in [1.29, 1.82) is 0 Å². The summed E-state index contributed by atoms with van der Waals surface area (Å²) < 4.78 is 5.28. The number of rotatable bonds is 4. The second-order valence-corrected chi connectivity index (χ2v) is 5.70. The van der Waals surface area contributed by atoms with Crippen LogP contribution in [-0.2, 0) is 6.42 Å². The first kappa shape index (κ1) is 13.4. The molecule has 0 amide bonds. The van der Waals surface area contributed by atoms with Crippen LogP contribution in [0.25, 0.3) is 0 Å². The molecule has 1 aliphatic rings.